The first-order valence-electron chi connectivity index (χ1n) is 9.66. The molecule has 28 heavy (non-hydrogen) atoms. The van der Waals surface area contributed by atoms with E-state index in [0.29, 0.717) is 24.3 Å². The highest BCUT2D eigenvalue weighted by Crippen LogP contribution is 2.46. The molecular weight excluding hydrogens is 374 g/mol. The molecule has 0 aromatic heterocycles. The van der Waals surface area contributed by atoms with E-state index < -0.39 is 11.3 Å². The van der Waals surface area contributed by atoms with Crippen molar-refractivity contribution in [2.45, 2.75) is 24.8 Å². The number of hydrogen-bond acceptors (Lipinski definition) is 3. The summed E-state index contributed by atoms with van der Waals surface area (Å²) in [6.07, 6.45) is 3.63. The SMILES string of the molecule is O=C(c1ccc(NS(=O)O)cc1)N1CCN(C2(c3ccccc3)CCC2)CC1. The first kappa shape index (κ1) is 19.1. The van der Waals surface area contributed by atoms with Gasteiger partial charge in [-0.25, -0.2) is 4.21 Å². The number of amides is 1. The molecule has 1 heterocycles. The second-order valence-corrected chi connectivity index (χ2v) is 8.16. The summed E-state index contributed by atoms with van der Waals surface area (Å²) in [4.78, 5) is 17.3. The first-order valence-corrected chi connectivity index (χ1v) is 10.8. The highest BCUT2D eigenvalue weighted by molar-refractivity contribution is 7.80. The van der Waals surface area contributed by atoms with Gasteiger partial charge >= 0.3 is 0 Å². The van der Waals surface area contributed by atoms with Gasteiger partial charge in [0.15, 0.2) is 0 Å². The average Bonchev–Trinajstić information content (AvgIpc) is 2.68. The van der Waals surface area contributed by atoms with Gasteiger partial charge in [-0.1, -0.05) is 30.3 Å². The zero-order valence-corrected chi connectivity index (χ0v) is 16.5. The number of nitrogens with one attached hydrogen (secondary N) is 1. The molecule has 0 spiro atoms. The number of carbonyl (C=O) groups excluding carboxylic acids is 1. The second-order valence-electron chi connectivity index (χ2n) is 7.46. The van der Waals surface area contributed by atoms with E-state index in [9.17, 15) is 9.00 Å². The minimum Gasteiger partial charge on any atom is -0.336 e. The Balaban J connectivity index is 1.40. The van der Waals surface area contributed by atoms with Crippen molar-refractivity contribution in [3.63, 3.8) is 0 Å². The number of rotatable bonds is 5. The Morgan fingerprint density at radius 3 is 2.14 bits per heavy atom. The maximum absolute atomic E-state index is 12.8. The lowest BCUT2D eigenvalue weighted by atomic mass is 9.70. The van der Waals surface area contributed by atoms with Crippen molar-refractivity contribution in [2.75, 3.05) is 30.9 Å². The fourth-order valence-corrected chi connectivity index (χ4v) is 4.69. The van der Waals surface area contributed by atoms with E-state index in [0.717, 1.165) is 13.1 Å². The van der Waals surface area contributed by atoms with Crippen molar-refractivity contribution >= 4 is 22.9 Å². The third-order valence-corrected chi connectivity index (χ3v) is 6.41. The summed E-state index contributed by atoms with van der Waals surface area (Å²) in [5, 5.41) is 0. The van der Waals surface area contributed by atoms with Crippen LogP contribution in [0.5, 0.6) is 0 Å². The lowest BCUT2D eigenvalue weighted by molar-refractivity contribution is -0.0192. The van der Waals surface area contributed by atoms with Crippen LogP contribution in [0.3, 0.4) is 0 Å². The Labute approximate surface area is 168 Å². The molecule has 2 N–H and O–H groups in total. The van der Waals surface area contributed by atoms with Gasteiger partial charge in [0.2, 0.25) is 0 Å². The first-order chi connectivity index (χ1) is 13.6. The van der Waals surface area contributed by atoms with Crippen molar-refractivity contribution in [3.8, 4) is 0 Å². The third kappa shape index (κ3) is 3.70. The highest BCUT2D eigenvalue weighted by Gasteiger charge is 2.44. The molecule has 0 radical (unpaired) electrons. The zero-order chi connectivity index (χ0) is 19.6. The van der Waals surface area contributed by atoms with Crippen LogP contribution >= 0.6 is 0 Å². The molecule has 1 aliphatic carbocycles. The molecule has 148 valence electrons. The van der Waals surface area contributed by atoms with E-state index >= 15 is 0 Å². The minimum absolute atomic E-state index is 0.0127. The van der Waals surface area contributed by atoms with Crippen LogP contribution < -0.4 is 4.72 Å². The van der Waals surface area contributed by atoms with E-state index in [-0.39, 0.29) is 11.4 Å². The van der Waals surface area contributed by atoms with Gasteiger partial charge in [0.05, 0.1) is 0 Å². The van der Waals surface area contributed by atoms with Crippen LogP contribution in [0, 0.1) is 0 Å². The summed E-state index contributed by atoms with van der Waals surface area (Å²) in [5.41, 5.74) is 2.65. The second kappa shape index (κ2) is 8.03. The molecule has 2 aliphatic rings. The van der Waals surface area contributed by atoms with Crippen LogP contribution in [0.25, 0.3) is 0 Å². The van der Waals surface area contributed by atoms with Gasteiger partial charge in [0.25, 0.3) is 17.2 Å². The van der Waals surface area contributed by atoms with Crippen LogP contribution in [0.2, 0.25) is 0 Å². The number of carbonyl (C=O) groups is 1. The third-order valence-electron chi connectivity index (χ3n) is 6.00. The average molecular weight is 400 g/mol. The quantitative estimate of drug-likeness (QED) is 0.758. The van der Waals surface area contributed by atoms with Gasteiger partial charge in [0, 0.05) is 43.0 Å². The number of benzene rings is 2. The van der Waals surface area contributed by atoms with Crippen LogP contribution in [-0.2, 0) is 16.8 Å². The van der Waals surface area contributed by atoms with Gasteiger partial charge < -0.3 is 4.90 Å². The maximum Gasteiger partial charge on any atom is 0.259 e. The Kier molecular flexibility index (Phi) is 5.48. The molecule has 1 saturated heterocycles. The molecule has 1 saturated carbocycles. The summed E-state index contributed by atoms with van der Waals surface area (Å²) in [6.45, 7) is 3.19. The van der Waals surface area contributed by atoms with Gasteiger partial charge in [-0.2, -0.15) is 0 Å². The Hall–Kier alpha value is -2.22. The zero-order valence-electron chi connectivity index (χ0n) is 15.7. The summed E-state index contributed by atoms with van der Waals surface area (Å²) in [7, 11) is 0. The lowest BCUT2D eigenvalue weighted by Crippen LogP contribution is -2.59. The summed E-state index contributed by atoms with van der Waals surface area (Å²) < 4.78 is 22.1. The number of hydrogen-bond donors (Lipinski definition) is 2. The molecule has 4 rings (SSSR count). The summed E-state index contributed by atoms with van der Waals surface area (Å²) in [6, 6.07) is 17.4. The molecule has 2 aromatic rings. The lowest BCUT2D eigenvalue weighted by Gasteiger charge is -2.53. The van der Waals surface area contributed by atoms with Crippen molar-refractivity contribution in [3.05, 3.63) is 65.7 Å². The minimum atomic E-state index is -2.11. The van der Waals surface area contributed by atoms with Gasteiger partial charge in [-0.15, -0.1) is 0 Å². The van der Waals surface area contributed by atoms with E-state index in [1.54, 1.807) is 24.3 Å². The summed E-state index contributed by atoms with van der Waals surface area (Å²) in [5.74, 6) is 0.0127. The molecule has 1 atom stereocenters. The van der Waals surface area contributed by atoms with Gasteiger partial charge in [-0.3, -0.25) is 19.0 Å². The van der Waals surface area contributed by atoms with Crippen LogP contribution in [-0.4, -0.2) is 50.6 Å². The molecule has 7 heteroatoms. The molecule has 2 fully saturated rings. The molecule has 2 aromatic carbocycles. The van der Waals surface area contributed by atoms with Crippen molar-refractivity contribution in [2.24, 2.45) is 0 Å². The Bertz CT molecular complexity index is 845. The smallest absolute Gasteiger partial charge is 0.259 e. The van der Waals surface area contributed by atoms with E-state index in [1.165, 1.54) is 24.8 Å². The fraction of sp³-hybridized carbons (Fsp3) is 0.381. The molecule has 1 aliphatic heterocycles. The highest BCUT2D eigenvalue weighted by atomic mass is 32.2. The van der Waals surface area contributed by atoms with Gasteiger partial charge in [-0.05, 0) is 49.1 Å². The van der Waals surface area contributed by atoms with Crippen molar-refractivity contribution in [1.82, 2.24) is 9.80 Å². The van der Waals surface area contributed by atoms with Crippen molar-refractivity contribution < 1.29 is 13.6 Å². The molecule has 6 nitrogen and oxygen atoms in total. The summed E-state index contributed by atoms with van der Waals surface area (Å²) >= 11 is -2.11. The van der Waals surface area contributed by atoms with E-state index in [4.69, 9.17) is 4.55 Å². The maximum atomic E-state index is 12.8. The largest absolute Gasteiger partial charge is 0.336 e. The number of piperazine rings is 1. The molecular formula is C21H25N3O3S. The standard InChI is InChI=1S/C21H25N3O3S/c25-20(17-7-9-19(10-8-17)22-28(26)27)23-13-15-24(16-14-23)21(11-4-12-21)18-5-2-1-3-6-18/h1-3,5-10,22H,4,11-16H2,(H,26,27). The number of nitrogens with zero attached hydrogens (tertiary/aromatic N) is 2. The topological polar surface area (TPSA) is 72.9 Å². The Morgan fingerprint density at radius 2 is 1.61 bits per heavy atom. The van der Waals surface area contributed by atoms with Crippen LogP contribution in [0.15, 0.2) is 54.6 Å². The van der Waals surface area contributed by atoms with E-state index in [2.05, 4.69) is 40.0 Å². The predicted octanol–water partition coefficient (Wildman–Crippen LogP) is 3.07. The van der Waals surface area contributed by atoms with Gasteiger partial charge in [0.1, 0.15) is 0 Å². The number of anilines is 1. The molecule has 1 unspecified atom stereocenters. The van der Waals surface area contributed by atoms with E-state index in [1.807, 2.05) is 4.90 Å². The van der Waals surface area contributed by atoms with Crippen LogP contribution in [0.4, 0.5) is 5.69 Å². The predicted molar refractivity (Wildman–Crippen MR) is 110 cm³/mol. The Morgan fingerprint density at radius 1 is 0.964 bits per heavy atom. The normalized spacial score (nSPS) is 20.2. The van der Waals surface area contributed by atoms with Crippen molar-refractivity contribution in [1.29, 1.82) is 0 Å². The fourth-order valence-electron chi connectivity index (χ4n) is 4.35. The molecule has 1 amide bonds. The molecule has 0 bridgehead atoms. The van der Waals surface area contributed by atoms with Crippen LogP contribution in [0.1, 0.15) is 35.2 Å². The monoisotopic (exact) mass is 399 g/mol.